The summed E-state index contributed by atoms with van der Waals surface area (Å²) in [6.07, 6.45) is 1.89. The van der Waals surface area contributed by atoms with E-state index < -0.39 is 0 Å². The Morgan fingerprint density at radius 3 is 2.64 bits per heavy atom. The van der Waals surface area contributed by atoms with Crippen LogP contribution in [-0.2, 0) is 0 Å². The fourth-order valence-electron chi connectivity index (χ4n) is 1.94. The van der Waals surface area contributed by atoms with Crippen molar-refractivity contribution in [3.05, 3.63) is 28.6 Å². The Kier molecular flexibility index (Phi) is 3.99. The van der Waals surface area contributed by atoms with Crippen LogP contribution in [0.25, 0.3) is 16.2 Å². The minimum Gasteiger partial charge on any atom is -0.493 e. The summed E-state index contributed by atoms with van der Waals surface area (Å²) in [6.45, 7) is 0. The summed E-state index contributed by atoms with van der Waals surface area (Å²) in [4.78, 5) is 13.0. The van der Waals surface area contributed by atoms with Gasteiger partial charge in [-0.3, -0.25) is 4.79 Å². The van der Waals surface area contributed by atoms with Crippen molar-refractivity contribution in [2.24, 2.45) is 0 Å². The Balaban J connectivity index is 2.18. The molecule has 0 atom stereocenters. The molecule has 7 nitrogen and oxygen atoms in total. The SMILES string of the molecule is COc1ccc(-c2nnc3sc(SC)nn3c2=O)cc1OC. The highest BCUT2D eigenvalue weighted by atomic mass is 32.2. The van der Waals surface area contributed by atoms with Crippen LogP contribution in [0.3, 0.4) is 0 Å². The second-order valence-electron chi connectivity index (χ2n) is 4.19. The third kappa shape index (κ3) is 2.42. The maximum absolute atomic E-state index is 12.5. The van der Waals surface area contributed by atoms with Crippen molar-refractivity contribution in [2.45, 2.75) is 4.34 Å². The quantitative estimate of drug-likeness (QED) is 0.674. The molecule has 0 aliphatic rings. The zero-order valence-corrected chi connectivity index (χ0v) is 13.7. The molecule has 0 N–H and O–H groups in total. The summed E-state index contributed by atoms with van der Waals surface area (Å²) in [5, 5.41) is 12.3. The molecule has 0 saturated heterocycles. The highest BCUT2D eigenvalue weighted by Crippen LogP contribution is 2.30. The molecule has 0 unspecified atom stereocenters. The zero-order chi connectivity index (χ0) is 15.7. The number of aromatic nitrogens is 4. The minimum atomic E-state index is -0.311. The lowest BCUT2D eigenvalue weighted by Crippen LogP contribution is -2.19. The van der Waals surface area contributed by atoms with Crippen LogP contribution in [0.4, 0.5) is 0 Å². The molecule has 9 heteroatoms. The van der Waals surface area contributed by atoms with Gasteiger partial charge in [0, 0.05) is 5.56 Å². The molecule has 0 radical (unpaired) electrons. The lowest BCUT2D eigenvalue weighted by molar-refractivity contribution is 0.355. The Hall–Kier alpha value is -2.13. The van der Waals surface area contributed by atoms with E-state index in [0.717, 1.165) is 4.34 Å². The minimum absolute atomic E-state index is 0.219. The first kappa shape index (κ1) is 14.8. The first-order chi connectivity index (χ1) is 10.7. The van der Waals surface area contributed by atoms with E-state index >= 15 is 0 Å². The molecule has 22 heavy (non-hydrogen) atoms. The van der Waals surface area contributed by atoms with Gasteiger partial charge in [-0.1, -0.05) is 23.1 Å². The topological polar surface area (TPSA) is 78.6 Å². The van der Waals surface area contributed by atoms with Crippen molar-refractivity contribution in [1.82, 2.24) is 19.8 Å². The molecule has 3 aromatic rings. The van der Waals surface area contributed by atoms with Crippen LogP contribution in [0.5, 0.6) is 11.5 Å². The molecule has 0 aliphatic heterocycles. The number of hydrogen-bond donors (Lipinski definition) is 0. The average molecular weight is 336 g/mol. The molecule has 2 aromatic heterocycles. The van der Waals surface area contributed by atoms with Gasteiger partial charge in [0.15, 0.2) is 21.5 Å². The van der Waals surface area contributed by atoms with E-state index in [-0.39, 0.29) is 11.3 Å². The summed E-state index contributed by atoms with van der Waals surface area (Å²) in [5.41, 5.74) is 0.508. The number of benzene rings is 1. The van der Waals surface area contributed by atoms with Crippen molar-refractivity contribution >= 4 is 28.1 Å². The van der Waals surface area contributed by atoms with Gasteiger partial charge in [-0.05, 0) is 24.5 Å². The Bertz CT molecular complexity index is 891. The number of rotatable bonds is 4. The highest BCUT2D eigenvalue weighted by Gasteiger charge is 2.15. The maximum Gasteiger partial charge on any atom is 0.302 e. The predicted octanol–water partition coefficient (Wildman–Crippen LogP) is 1.95. The molecule has 0 aliphatic carbocycles. The summed E-state index contributed by atoms with van der Waals surface area (Å²) in [5.74, 6) is 1.10. The molecule has 0 spiro atoms. The first-order valence-electron chi connectivity index (χ1n) is 6.21. The third-order valence-electron chi connectivity index (χ3n) is 3.00. The standard InChI is InChI=1S/C13H12N4O3S2/c1-19-8-5-4-7(6-9(8)20-2)10-11(18)17-12(15-14-10)22-13(16-17)21-3/h4-6H,1-3H3. The zero-order valence-electron chi connectivity index (χ0n) is 12.1. The summed E-state index contributed by atoms with van der Waals surface area (Å²) in [7, 11) is 3.09. The number of fused-ring (bicyclic) bond motifs is 1. The van der Waals surface area contributed by atoms with Crippen LogP contribution in [0.15, 0.2) is 27.3 Å². The largest absolute Gasteiger partial charge is 0.493 e. The van der Waals surface area contributed by atoms with Gasteiger partial charge in [0.25, 0.3) is 0 Å². The van der Waals surface area contributed by atoms with Gasteiger partial charge >= 0.3 is 5.56 Å². The summed E-state index contributed by atoms with van der Waals surface area (Å²) < 4.78 is 12.5. The van der Waals surface area contributed by atoms with E-state index in [1.54, 1.807) is 25.3 Å². The van der Waals surface area contributed by atoms with Crippen molar-refractivity contribution in [1.29, 1.82) is 0 Å². The van der Waals surface area contributed by atoms with Crippen molar-refractivity contribution in [3.8, 4) is 22.8 Å². The van der Waals surface area contributed by atoms with Gasteiger partial charge in [-0.25, -0.2) is 0 Å². The Morgan fingerprint density at radius 1 is 1.18 bits per heavy atom. The van der Waals surface area contributed by atoms with E-state index in [1.165, 1.54) is 34.7 Å². The number of hydrogen-bond acceptors (Lipinski definition) is 8. The number of methoxy groups -OCH3 is 2. The summed E-state index contributed by atoms with van der Waals surface area (Å²) >= 11 is 2.78. The summed E-state index contributed by atoms with van der Waals surface area (Å²) in [6, 6.07) is 5.15. The van der Waals surface area contributed by atoms with Gasteiger partial charge in [-0.15, -0.1) is 15.3 Å². The second kappa shape index (κ2) is 5.93. The van der Waals surface area contributed by atoms with E-state index in [2.05, 4.69) is 15.3 Å². The number of ether oxygens (including phenoxy) is 2. The van der Waals surface area contributed by atoms with Gasteiger partial charge in [-0.2, -0.15) is 4.52 Å². The van der Waals surface area contributed by atoms with Crippen LogP contribution in [0.2, 0.25) is 0 Å². The molecule has 114 valence electrons. The Morgan fingerprint density at radius 2 is 1.95 bits per heavy atom. The van der Waals surface area contributed by atoms with Gasteiger partial charge < -0.3 is 9.47 Å². The predicted molar refractivity (Wildman–Crippen MR) is 85.3 cm³/mol. The first-order valence-corrected chi connectivity index (χ1v) is 8.25. The van der Waals surface area contributed by atoms with Gasteiger partial charge in [0.05, 0.1) is 14.2 Å². The lowest BCUT2D eigenvalue weighted by Gasteiger charge is -2.08. The Labute approximate surface area is 133 Å². The van der Waals surface area contributed by atoms with E-state index in [0.29, 0.717) is 22.0 Å². The van der Waals surface area contributed by atoms with Crippen LogP contribution in [-0.4, -0.2) is 40.3 Å². The van der Waals surface area contributed by atoms with Crippen molar-refractivity contribution < 1.29 is 9.47 Å². The second-order valence-corrected chi connectivity index (χ2v) is 6.20. The molecule has 0 bridgehead atoms. The molecular weight excluding hydrogens is 324 g/mol. The molecule has 2 heterocycles. The van der Waals surface area contributed by atoms with E-state index in [4.69, 9.17) is 9.47 Å². The van der Waals surface area contributed by atoms with Crippen LogP contribution in [0, 0.1) is 0 Å². The third-order valence-corrected chi connectivity index (χ3v) is 4.88. The van der Waals surface area contributed by atoms with Crippen LogP contribution < -0.4 is 15.0 Å². The molecule has 0 amide bonds. The van der Waals surface area contributed by atoms with Crippen molar-refractivity contribution in [2.75, 3.05) is 20.5 Å². The van der Waals surface area contributed by atoms with E-state index in [1.807, 2.05) is 6.26 Å². The number of thioether (sulfide) groups is 1. The fourth-order valence-corrected chi connectivity index (χ4v) is 3.24. The molecule has 1 aromatic carbocycles. The number of nitrogens with zero attached hydrogens (tertiary/aromatic N) is 4. The molecule has 3 rings (SSSR count). The normalized spacial score (nSPS) is 10.9. The smallest absolute Gasteiger partial charge is 0.302 e. The average Bonchev–Trinajstić information content (AvgIpc) is 2.99. The van der Waals surface area contributed by atoms with Crippen LogP contribution >= 0.6 is 23.1 Å². The molecule has 0 fully saturated rings. The van der Waals surface area contributed by atoms with E-state index in [9.17, 15) is 4.79 Å². The van der Waals surface area contributed by atoms with Crippen molar-refractivity contribution in [3.63, 3.8) is 0 Å². The van der Waals surface area contributed by atoms with Gasteiger partial charge in [0.1, 0.15) is 0 Å². The lowest BCUT2D eigenvalue weighted by atomic mass is 10.1. The molecular formula is C13H12N4O3S2. The maximum atomic E-state index is 12.5. The monoisotopic (exact) mass is 336 g/mol. The van der Waals surface area contributed by atoms with Crippen LogP contribution in [0.1, 0.15) is 0 Å². The highest BCUT2D eigenvalue weighted by molar-refractivity contribution is 8.00. The van der Waals surface area contributed by atoms with Gasteiger partial charge in [0.2, 0.25) is 4.96 Å². The fraction of sp³-hybridized carbons (Fsp3) is 0.231. The molecule has 0 saturated carbocycles.